The Morgan fingerprint density at radius 2 is 1.90 bits per heavy atom. The van der Waals surface area contributed by atoms with Gasteiger partial charge in [0, 0.05) is 17.9 Å². The molecule has 2 unspecified atom stereocenters. The number of hydrogen-bond acceptors (Lipinski definition) is 5. The minimum absolute atomic E-state index is 0.0303. The molecule has 6 nitrogen and oxygen atoms in total. The van der Waals surface area contributed by atoms with Crippen molar-refractivity contribution >= 4 is 35.8 Å². The van der Waals surface area contributed by atoms with Crippen molar-refractivity contribution in [3.05, 3.63) is 0 Å². The Bertz CT molecular complexity index is 533. The van der Waals surface area contributed by atoms with Crippen LogP contribution in [-0.2, 0) is 24.6 Å². The van der Waals surface area contributed by atoms with E-state index in [4.69, 9.17) is 4.74 Å². The molecule has 2 atom stereocenters. The molecular formula is C11H20BrNO5S2. The predicted octanol–water partition coefficient (Wildman–Crippen LogP) is 0.378. The van der Waals surface area contributed by atoms with E-state index in [0.29, 0.717) is 18.5 Å². The predicted molar refractivity (Wildman–Crippen MR) is 80.3 cm³/mol. The molecule has 0 aromatic rings. The highest BCUT2D eigenvalue weighted by Crippen LogP contribution is 2.26. The van der Waals surface area contributed by atoms with Gasteiger partial charge < -0.3 is 4.74 Å². The number of rotatable bonds is 3. The average Bonchev–Trinajstić information content (AvgIpc) is 2.38. The van der Waals surface area contributed by atoms with Crippen LogP contribution >= 0.6 is 15.9 Å². The molecule has 0 saturated carbocycles. The summed E-state index contributed by atoms with van der Waals surface area (Å²) in [4.78, 5) is 0. The lowest BCUT2D eigenvalue weighted by atomic mass is 10.2. The van der Waals surface area contributed by atoms with Crippen LogP contribution in [0.1, 0.15) is 19.8 Å². The number of sulfone groups is 1. The first-order chi connectivity index (χ1) is 9.26. The van der Waals surface area contributed by atoms with Crippen LogP contribution in [0.3, 0.4) is 0 Å². The maximum atomic E-state index is 12.7. The number of halogens is 1. The number of sulfonamides is 1. The van der Waals surface area contributed by atoms with Crippen LogP contribution in [0.15, 0.2) is 0 Å². The molecule has 0 aromatic heterocycles. The summed E-state index contributed by atoms with van der Waals surface area (Å²) < 4.78 is 55.2. The number of alkyl halides is 1. The van der Waals surface area contributed by atoms with Crippen molar-refractivity contribution in [2.45, 2.75) is 37.2 Å². The summed E-state index contributed by atoms with van der Waals surface area (Å²) >= 11 is 3.31. The van der Waals surface area contributed by atoms with Crippen molar-refractivity contribution in [1.29, 1.82) is 0 Å². The summed E-state index contributed by atoms with van der Waals surface area (Å²) in [5, 5.41) is 0.00711. The summed E-state index contributed by atoms with van der Waals surface area (Å²) in [5.41, 5.74) is 0. The fourth-order valence-corrected chi connectivity index (χ4v) is 6.93. The Morgan fingerprint density at radius 3 is 2.45 bits per heavy atom. The first-order valence-electron chi connectivity index (χ1n) is 6.65. The summed E-state index contributed by atoms with van der Waals surface area (Å²) in [6.45, 7) is 2.53. The molecule has 2 aliphatic rings. The molecule has 0 aliphatic carbocycles. The third kappa shape index (κ3) is 3.55. The van der Waals surface area contributed by atoms with Crippen LogP contribution in [0, 0.1) is 0 Å². The van der Waals surface area contributed by atoms with E-state index in [9.17, 15) is 16.8 Å². The molecule has 2 saturated heterocycles. The van der Waals surface area contributed by atoms with Gasteiger partial charge in [-0.05, 0) is 19.8 Å². The number of hydrogen-bond donors (Lipinski definition) is 0. The lowest BCUT2D eigenvalue weighted by Crippen LogP contribution is -2.54. The normalized spacial score (nSPS) is 33.1. The van der Waals surface area contributed by atoms with E-state index in [1.807, 2.05) is 6.92 Å². The van der Waals surface area contributed by atoms with E-state index in [0.717, 1.165) is 0 Å². The van der Waals surface area contributed by atoms with Gasteiger partial charge in [-0.25, -0.2) is 16.8 Å². The largest absolute Gasteiger partial charge is 0.374 e. The number of morpholine rings is 1. The first kappa shape index (κ1) is 16.7. The van der Waals surface area contributed by atoms with Crippen LogP contribution in [0.4, 0.5) is 0 Å². The summed E-state index contributed by atoms with van der Waals surface area (Å²) in [6.07, 6.45) is 0.259. The molecule has 9 heteroatoms. The SMILES string of the molecule is CC1COC(CBr)CN1S(=O)(=O)C1CCS(=O)(=O)CC1. The molecule has 118 valence electrons. The molecular weight excluding hydrogens is 370 g/mol. The summed E-state index contributed by atoms with van der Waals surface area (Å²) in [5.74, 6) is -0.0605. The molecule has 2 aliphatic heterocycles. The Balaban J connectivity index is 2.13. The quantitative estimate of drug-likeness (QED) is 0.651. The van der Waals surface area contributed by atoms with Gasteiger partial charge in [-0.15, -0.1) is 0 Å². The highest BCUT2D eigenvalue weighted by molar-refractivity contribution is 9.09. The second-order valence-corrected chi connectivity index (χ2v) is 10.5. The minimum Gasteiger partial charge on any atom is -0.374 e. The molecule has 2 heterocycles. The fourth-order valence-electron chi connectivity index (χ4n) is 2.60. The van der Waals surface area contributed by atoms with E-state index in [2.05, 4.69) is 15.9 Å². The van der Waals surface area contributed by atoms with Gasteiger partial charge in [0.2, 0.25) is 10.0 Å². The van der Waals surface area contributed by atoms with Gasteiger partial charge in [0.25, 0.3) is 0 Å². The van der Waals surface area contributed by atoms with Crippen LogP contribution in [0.5, 0.6) is 0 Å². The van der Waals surface area contributed by atoms with Crippen molar-refractivity contribution in [3.8, 4) is 0 Å². The van der Waals surface area contributed by atoms with E-state index in [1.54, 1.807) is 0 Å². The van der Waals surface area contributed by atoms with Gasteiger partial charge in [-0.3, -0.25) is 0 Å². The van der Waals surface area contributed by atoms with Gasteiger partial charge >= 0.3 is 0 Å². The second-order valence-electron chi connectivity index (χ2n) is 5.42. The Kier molecular flexibility index (Phi) is 5.16. The van der Waals surface area contributed by atoms with Crippen LogP contribution in [-0.4, -0.2) is 68.5 Å². The monoisotopic (exact) mass is 389 g/mol. The lowest BCUT2D eigenvalue weighted by Gasteiger charge is -2.39. The second kappa shape index (κ2) is 6.20. The van der Waals surface area contributed by atoms with Crippen LogP contribution in [0.25, 0.3) is 0 Å². The molecule has 0 amide bonds. The molecule has 2 fully saturated rings. The standard InChI is InChI=1S/C11H20BrNO5S2/c1-9-8-18-10(6-12)7-13(9)20(16,17)11-2-4-19(14,15)5-3-11/h9-11H,2-8H2,1H3. The zero-order valence-corrected chi connectivity index (χ0v) is 14.6. The molecule has 20 heavy (non-hydrogen) atoms. The third-order valence-electron chi connectivity index (χ3n) is 3.87. The highest BCUT2D eigenvalue weighted by Gasteiger charge is 2.41. The summed E-state index contributed by atoms with van der Waals surface area (Å²) in [7, 11) is -6.51. The van der Waals surface area contributed by atoms with Gasteiger partial charge in [-0.2, -0.15) is 4.31 Å². The maximum Gasteiger partial charge on any atom is 0.217 e. The van der Waals surface area contributed by atoms with E-state index in [1.165, 1.54) is 4.31 Å². The van der Waals surface area contributed by atoms with Crippen LogP contribution in [0.2, 0.25) is 0 Å². The smallest absolute Gasteiger partial charge is 0.217 e. The lowest BCUT2D eigenvalue weighted by molar-refractivity contribution is -0.0143. The molecule has 0 spiro atoms. The van der Waals surface area contributed by atoms with E-state index < -0.39 is 25.1 Å². The number of ether oxygens (including phenoxy) is 1. The fraction of sp³-hybridized carbons (Fsp3) is 1.00. The zero-order valence-electron chi connectivity index (χ0n) is 11.4. The molecule has 0 bridgehead atoms. The molecule has 0 radical (unpaired) electrons. The number of nitrogens with zero attached hydrogens (tertiary/aromatic N) is 1. The van der Waals surface area contributed by atoms with Gasteiger partial charge in [0.05, 0.1) is 29.5 Å². The Morgan fingerprint density at radius 1 is 1.30 bits per heavy atom. The van der Waals surface area contributed by atoms with E-state index >= 15 is 0 Å². The molecule has 2 rings (SSSR count). The topological polar surface area (TPSA) is 80.8 Å². The Labute approximate surface area is 129 Å². The van der Waals surface area contributed by atoms with E-state index in [-0.39, 0.29) is 36.5 Å². The van der Waals surface area contributed by atoms with Crippen molar-refractivity contribution < 1.29 is 21.6 Å². The van der Waals surface area contributed by atoms with Crippen molar-refractivity contribution in [1.82, 2.24) is 4.31 Å². The molecule has 0 aromatic carbocycles. The van der Waals surface area contributed by atoms with Crippen molar-refractivity contribution in [3.63, 3.8) is 0 Å². The van der Waals surface area contributed by atoms with Gasteiger partial charge in [-0.1, -0.05) is 15.9 Å². The summed E-state index contributed by atoms with van der Waals surface area (Å²) in [6, 6.07) is -0.200. The van der Waals surface area contributed by atoms with Crippen LogP contribution < -0.4 is 0 Å². The molecule has 0 N–H and O–H groups in total. The third-order valence-corrected chi connectivity index (χ3v) is 8.78. The van der Waals surface area contributed by atoms with Gasteiger partial charge in [0.15, 0.2) is 0 Å². The minimum atomic E-state index is -3.46. The van der Waals surface area contributed by atoms with Crippen molar-refractivity contribution in [2.75, 3.05) is 30.0 Å². The van der Waals surface area contributed by atoms with Gasteiger partial charge in [0.1, 0.15) is 9.84 Å². The zero-order chi connectivity index (χ0) is 15.0. The Hall–Kier alpha value is 0.300. The first-order valence-corrected chi connectivity index (χ1v) is 11.1. The highest BCUT2D eigenvalue weighted by atomic mass is 79.9. The maximum absolute atomic E-state index is 12.7. The van der Waals surface area contributed by atoms with Crippen molar-refractivity contribution in [2.24, 2.45) is 0 Å². The average molecular weight is 390 g/mol.